The number of fused-ring (bicyclic) bond motifs is 1. The van der Waals surface area contributed by atoms with Crippen LogP contribution in [0.2, 0.25) is 5.02 Å². The maximum Gasteiger partial charge on any atom is 0.329 e. The van der Waals surface area contributed by atoms with E-state index in [2.05, 4.69) is 0 Å². The molecule has 0 spiro atoms. The number of ether oxygens (including phenoxy) is 1. The van der Waals surface area contributed by atoms with Gasteiger partial charge < -0.3 is 4.74 Å². The highest BCUT2D eigenvalue weighted by atomic mass is 35.5. The summed E-state index contributed by atoms with van der Waals surface area (Å²) in [7, 11) is -3.22. The minimum atomic E-state index is -3.22. The molecular weight excluding hydrogens is 388 g/mol. The van der Waals surface area contributed by atoms with E-state index in [1.54, 1.807) is 58.3 Å². The van der Waals surface area contributed by atoms with Crippen molar-refractivity contribution in [2.24, 2.45) is 0 Å². The van der Waals surface area contributed by atoms with Gasteiger partial charge in [0.1, 0.15) is 5.75 Å². The van der Waals surface area contributed by atoms with Gasteiger partial charge in [-0.15, -0.1) is 0 Å². The van der Waals surface area contributed by atoms with Crippen LogP contribution in [0.1, 0.15) is 6.92 Å². The number of anilines is 2. The van der Waals surface area contributed by atoms with Gasteiger partial charge >= 0.3 is 6.03 Å². The average molecular weight is 407 g/mol. The molecule has 6 nitrogen and oxygen atoms in total. The largest absolute Gasteiger partial charge is 0.494 e. The van der Waals surface area contributed by atoms with Crippen LogP contribution in [0.15, 0.2) is 48.5 Å². The number of hydrogen-bond donors (Lipinski definition) is 0. The summed E-state index contributed by atoms with van der Waals surface area (Å²) < 4.78 is 30.0. The van der Waals surface area contributed by atoms with E-state index in [0.717, 1.165) is 0 Å². The third-order valence-electron chi connectivity index (χ3n) is 4.90. The second kappa shape index (κ2) is 6.73. The van der Waals surface area contributed by atoms with Crippen molar-refractivity contribution in [3.63, 3.8) is 0 Å². The highest BCUT2D eigenvalue weighted by molar-refractivity contribution is 7.91. The summed E-state index contributed by atoms with van der Waals surface area (Å²) in [4.78, 5) is 16.4. The molecule has 2 aromatic rings. The van der Waals surface area contributed by atoms with Crippen molar-refractivity contribution in [2.45, 2.75) is 19.0 Å². The van der Waals surface area contributed by atoms with E-state index in [1.807, 2.05) is 6.92 Å². The minimum absolute atomic E-state index is 0.0410. The standard InChI is InChI=1S/C19H19ClN2O4S/c1-2-26-16-9-7-15(8-10-16)22-18-12-27(24,25)11-17(18)21(19(22)23)14-5-3-13(20)4-6-14/h3-10,17-18H,2,11-12H2,1H3/t17-,18-/m0/s1. The van der Waals surface area contributed by atoms with Crippen LogP contribution in [0.3, 0.4) is 0 Å². The predicted molar refractivity (Wildman–Crippen MR) is 106 cm³/mol. The molecule has 2 amide bonds. The van der Waals surface area contributed by atoms with Gasteiger partial charge in [-0.2, -0.15) is 0 Å². The number of carbonyl (C=O) groups excluding carboxylic acids is 1. The minimum Gasteiger partial charge on any atom is -0.494 e. The lowest BCUT2D eigenvalue weighted by atomic mass is 10.1. The summed E-state index contributed by atoms with van der Waals surface area (Å²) >= 11 is 5.95. The molecule has 142 valence electrons. The van der Waals surface area contributed by atoms with Crippen LogP contribution in [0.5, 0.6) is 5.75 Å². The molecule has 2 heterocycles. The molecule has 0 radical (unpaired) electrons. The first kappa shape index (κ1) is 18.1. The SMILES string of the molecule is CCOc1ccc(N2C(=O)N(c3ccc(Cl)cc3)[C@H]3CS(=O)(=O)C[C@@H]32)cc1. The summed E-state index contributed by atoms with van der Waals surface area (Å²) in [5.74, 6) is 0.623. The molecule has 0 saturated carbocycles. The summed E-state index contributed by atoms with van der Waals surface area (Å²) in [5.41, 5.74) is 1.30. The second-order valence-electron chi connectivity index (χ2n) is 6.64. The van der Waals surface area contributed by atoms with Crippen LogP contribution in [-0.4, -0.2) is 44.6 Å². The van der Waals surface area contributed by atoms with Gasteiger partial charge in [-0.05, 0) is 55.5 Å². The number of amides is 2. The quantitative estimate of drug-likeness (QED) is 0.730. The van der Waals surface area contributed by atoms with E-state index < -0.39 is 21.9 Å². The predicted octanol–water partition coefficient (Wildman–Crippen LogP) is 3.35. The molecule has 2 atom stereocenters. The van der Waals surface area contributed by atoms with Crippen molar-refractivity contribution in [3.05, 3.63) is 53.6 Å². The van der Waals surface area contributed by atoms with Gasteiger partial charge in [0.2, 0.25) is 0 Å². The molecule has 4 rings (SSSR count). The van der Waals surface area contributed by atoms with E-state index in [0.29, 0.717) is 28.8 Å². The van der Waals surface area contributed by atoms with Crippen LogP contribution in [0.25, 0.3) is 0 Å². The van der Waals surface area contributed by atoms with Gasteiger partial charge in [0.25, 0.3) is 0 Å². The Balaban J connectivity index is 1.73. The summed E-state index contributed by atoms with van der Waals surface area (Å²) in [6.45, 7) is 2.45. The lowest BCUT2D eigenvalue weighted by molar-refractivity contribution is 0.255. The molecule has 0 N–H and O–H groups in total. The molecule has 2 saturated heterocycles. The number of halogens is 1. The number of carbonyl (C=O) groups is 1. The maximum absolute atomic E-state index is 13.2. The molecule has 0 aliphatic carbocycles. The molecule has 2 aliphatic rings. The Kier molecular flexibility index (Phi) is 4.52. The Morgan fingerprint density at radius 3 is 1.93 bits per heavy atom. The second-order valence-corrected chi connectivity index (χ2v) is 9.23. The normalized spacial score (nSPS) is 23.6. The molecule has 0 bridgehead atoms. The molecule has 0 aromatic heterocycles. The Morgan fingerprint density at radius 1 is 0.963 bits per heavy atom. The van der Waals surface area contributed by atoms with Gasteiger partial charge in [0.05, 0.1) is 30.2 Å². The van der Waals surface area contributed by atoms with Crippen molar-refractivity contribution >= 4 is 38.8 Å². The molecule has 27 heavy (non-hydrogen) atoms. The number of urea groups is 1. The number of benzene rings is 2. The lowest BCUT2D eigenvalue weighted by Crippen LogP contribution is -2.37. The first-order chi connectivity index (χ1) is 12.9. The molecule has 2 aliphatic heterocycles. The first-order valence-electron chi connectivity index (χ1n) is 8.71. The number of rotatable bonds is 4. The van der Waals surface area contributed by atoms with Crippen LogP contribution in [-0.2, 0) is 9.84 Å². The fourth-order valence-corrected chi connectivity index (χ4v) is 5.82. The van der Waals surface area contributed by atoms with Crippen molar-refractivity contribution in [1.29, 1.82) is 0 Å². The number of nitrogens with zero attached hydrogens (tertiary/aromatic N) is 2. The van der Waals surface area contributed by atoms with Crippen molar-refractivity contribution in [3.8, 4) is 5.75 Å². The van der Waals surface area contributed by atoms with Crippen LogP contribution in [0.4, 0.5) is 16.2 Å². The third-order valence-corrected chi connectivity index (χ3v) is 6.85. The Hall–Kier alpha value is -2.25. The zero-order valence-electron chi connectivity index (χ0n) is 14.7. The van der Waals surface area contributed by atoms with Gasteiger partial charge in [-0.1, -0.05) is 11.6 Å². The van der Waals surface area contributed by atoms with Gasteiger partial charge in [0, 0.05) is 16.4 Å². The lowest BCUT2D eigenvalue weighted by Gasteiger charge is -2.23. The van der Waals surface area contributed by atoms with Gasteiger partial charge in [-0.25, -0.2) is 13.2 Å². The Labute approximate surface area is 163 Å². The van der Waals surface area contributed by atoms with Crippen molar-refractivity contribution in [1.82, 2.24) is 0 Å². The topological polar surface area (TPSA) is 66.9 Å². The number of hydrogen-bond acceptors (Lipinski definition) is 4. The summed E-state index contributed by atoms with van der Waals surface area (Å²) in [6, 6.07) is 13.0. The molecule has 0 unspecified atom stereocenters. The molecule has 2 aromatic carbocycles. The van der Waals surface area contributed by atoms with E-state index in [4.69, 9.17) is 16.3 Å². The average Bonchev–Trinajstić information content (AvgIpc) is 3.06. The maximum atomic E-state index is 13.2. The fraction of sp³-hybridized carbons (Fsp3) is 0.316. The van der Waals surface area contributed by atoms with E-state index in [-0.39, 0.29) is 17.5 Å². The smallest absolute Gasteiger partial charge is 0.329 e. The summed E-state index contributed by atoms with van der Waals surface area (Å²) in [6.07, 6.45) is 0. The van der Waals surface area contributed by atoms with Crippen molar-refractivity contribution in [2.75, 3.05) is 27.9 Å². The van der Waals surface area contributed by atoms with Crippen LogP contribution >= 0.6 is 11.6 Å². The van der Waals surface area contributed by atoms with E-state index >= 15 is 0 Å². The van der Waals surface area contributed by atoms with Crippen LogP contribution in [0, 0.1) is 0 Å². The highest BCUT2D eigenvalue weighted by Crippen LogP contribution is 2.38. The highest BCUT2D eigenvalue weighted by Gasteiger charge is 2.54. The fourth-order valence-electron chi connectivity index (χ4n) is 3.78. The summed E-state index contributed by atoms with van der Waals surface area (Å²) in [5, 5.41) is 0.560. The van der Waals surface area contributed by atoms with Crippen molar-refractivity contribution < 1.29 is 17.9 Å². The van der Waals surface area contributed by atoms with Gasteiger partial charge in [-0.3, -0.25) is 9.80 Å². The molecular formula is C19H19ClN2O4S. The molecule has 8 heteroatoms. The first-order valence-corrected chi connectivity index (χ1v) is 10.9. The zero-order chi connectivity index (χ0) is 19.2. The van der Waals surface area contributed by atoms with E-state index in [9.17, 15) is 13.2 Å². The van der Waals surface area contributed by atoms with Gasteiger partial charge in [0.15, 0.2) is 9.84 Å². The Morgan fingerprint density at radius 2 is 1.44 bits per heavy atom. The molecule has 2 fully saturated rings. The third kappa shape index (κ3) is 3.26. The van der Waals surface area contributed by atoms with E-state index in [1.165, 1.54) is 0 Å². The monoisotopic (exact) mass is 406 g/mol. The van der Waals surface area contributed by atoms with Crippen LogP contribution < -0.4 is 14.5 Å². The number of sulfone groups is 1. The zero-order valence-corrected chi connectivity index (χ0v) is 16.3. The Bertz CT molecular complexity index is 960.